The molecule has 2 fully saturated rings. The molecule has 1 aromatic carbocycles. The third-order valence-corrected chi connectivity index (χ3v) is 6.00. The number of hydrogen-bond acceptors (Lipinski definition) is 5. The van der Waals surface area contributed by atoms with Gasteiger partial charge in [0.25, 0.3) is 5.91 Å². The van der Waals surface area contributed by atoms with Crippen molar-refractivity contribution in [2.75, 3.05) is 24.2 Å². The average molecular weight is 379 g/mol. The Hall–Kier alpha value is -2.26. The van der Waals surface area contributed by atoms with Crippen LogP contribution in [0.5, 0.6) is 0 Å². The average Bonchev–Trinajstić information content (AvgIpc) is 2.93. The summed E-state index contributed by atoms with van der Waals surface area (Å²) in [5, 5.41) is 2.91. The smallest absolute Gasteiger partial charge is 0.251 e. The maximum atomic E-state index is 12.4. The molecule has 0 spiro atoms. The highest BCUT2D eigenvalue weighted by atomic mass is 32.2. The Kier molecular flexibility index (Phi) is 5.10. The number of benzene rings is 1. The lowest BCUT2D eigenvalue weighted by atomic mass is 10.1. The molecule has 0 bridgehead atoms. The standard InChI is InChI=1S/C17H21N3O5S/c1-26(24,25)19-10-8-13(9-11-19)18-17(23)12-2-4-14(5-3-12)20-15(21)6-7-16(20)22/h2-5,13H,6-11H2,1H3,(H,18,23). The maximum absolute atomic E-state index is 12.4. The van der Waals surface area contributed by atoms with E-state index in [2.05, 4.69) is 5.32 Å². The number of sulfonamides is 1. The number of carbonyl (C=O) groups is 3. The summed E-state index contributed by atoms with van der Waals surface area (Å²) in [4.78, 5) is 37.0. The fourth-order valence-electron chi connectivity index (χ4n) is 3.23. The lowest BCUT2D eigenvalue weighted by Gasteiger charge is -2.30. The monoisotopic (exact) mass is 379 g/mol. The molecule has 9 heteroatoms. The van der Waals surface area contributed by atoms with Gasteiger partial charge in [-0.25, -0.2) is 12.7 Å². The van der Waals surface area contributed by atoms with E-state index in [1.165, 1.54) is 10.6 Å². The summed E-state index contributed by atoms with van der Waals surface area (Å²) in [5.41, 5.74) is 0.897. The number of imide groups is 1. The van der Waals surface area contributed by atoms with Crippen molar-refractivity contribution in [1.82, 2.24) is 9.62 Å². The second-order valence-electron chi connectivity index (χ2n) is 6.58. The quantitative estimate of drug-likeness (QED) is 0.767. The molecule has 2 aliphatic rings. The molecule has 0 saturated carbocycles. The van der Waals surface area contributed by atoms with E-state index in [1.54, 1.807) is 24.3 Å². The highest BCUT2D eigenvalue weighted by Crippen LogP contribution is 2.23. The number of nitrogens with zero attached hydrogens (tertiary/aromatic N) is 2. The summed E-state index contributed by atoms with van der Waals surface area (Å²) in [6.07, 6.45) is 2.74. The highest BCUT2D eigenvalue weighted by molar-refractivity contribution is 7.88. The summed E-state index contributed by atoms with van der Waals surface area (Å²) in [5.74, 6) is -0.719. The van der Waals surface area contributed by atoms with Crippen molar-refractivity contribution >= 4 is 33.4 Å². The normalized spacial score (nSPS) is 19.8. The zero-order chi connectivity index (χ0) is 18.9. The highest BCUT2D eigenvalue weighted by Gasteiger charge is 2.30. The van der Waals surface area contributed by atoms with Crippen LogP contribution in [0.15, 0.2) is 24.3 Å². The summed E-state index contributed by atoms with van der Waals surface area (Å²) in [6.45, 7) is 0.782. The molecule has 2 saturated heterocycles. The summed E-state index contributed by atoms with van der Waals surface area (Å²) < 4.78 is 24.4. The van der Waals surface area contributed by atoms with Crippen molar-refractivity contribution < 1.29 is 22.8 Å². The molecule has 8 nitrogen and oxygen atoms in total. The van der Waals surface area contributed by atoms with Crippen LogP contribution < -0.4 is 10.2 Å². The van der Waals surface area contributed by atoms with Crippen LogP contribution >= 0.6 is 0 Å². The van der Waals surface area contributed by atoms with Crippen LogP contribution in [0.3, 0.4) is 0 Å². The molecule has 140 valence electrons. The Balaban J connectivity index is 1.59. The van der Waals surface area contributed by atoms with Gasteiger partial charge in [0, 0.05) is 37.5 Å². The van der Waals surface area contributed by atoms with E-state index < -0.39 is 10.0 Å². The first-order valence-electron chi connectivity index (χ1n) is 8.47. The number of rotatable bonds is 4. The number of carbonyl (C=O) groups excluding carboxylic acids is 3. The van der Waals surface area contributed by atoms with Gasteiger partial charge in [-0.05, 0) is 37.1 Å². The van der Waals surface area contributed by atoms with Crippen LogP contribution in [0.2, 0.25) is 0 Å². The first-order valence-corrected chi connectivity index (χ1v) is 10.3. The third kappa shape index (κ3) is 3.94. The van der Waals surface area contributed by atoms with Gasteiger partial charge in [-0.1, -0.05) is 0 Å². The molecule has 0 radical (unpaired) electrons. The summed E-state index contributed by atoms with van der Waals surface area (Å²) in [6, 6.07) is 6.25. The van der Waals surface area contributed by atoms with E-state index in [4.69, 9.17) is 0 Å². The minimum Gasteiger partial charge on any atom is -0.349 e. The fourth-order valence-corrected chi connectivity index (χ4v) is 4.10. The first kappa shape index (κ1) is 18.5. The molecule has 3 amide bonds. The fraction of sp³-hybridized carbons (Fsp3) is 0.471. The first-order chi connectivity index (χ1) is 12.3. The Morgan fingerprint density at radius 3 is 2.08 bits per heavy atom. The summed E-state index contributed by atoms with van der Waals surface area (Å²) >= 11 is 0. The molecular formula is C17H21N3O5S. The van der Waals surface area contributed by atoms with Gasteiger partial charge in [-0.3, -0.25) is 19.3 Å². The molecule has 1 N–H and O–H groups in total. The van der Waals surface area contributed by atoms with Crippen LogP contribution in [-0.4, -0.2) is 55.8 Å². The topological polar surface area (TPSA) is 104 Å². The van der Waals surface area contributed by atoms with Gasteiger partial charge in [0.05, 0.1) is 11.9 Å². The second-order valence-corrected chi connectivity index (χ2v) is 8.56. The van der Waals surface area contributed by atoms with Crippen molar-refractivity contribution in [1.29, 1.82) is 0 Å². The van der Waals surface area contributed by atoms with E-state index in [0.29, 0.717) is 37.2 Å². The largest absolute Gasteiger partial charge is 0.349 e. The Labute approximate surface area is 152 Å². The van der Waals surface area contributed by atoms with E-state index >= 15 is 0 Å². The number of anilines is 1. The lowest BCUT2D eigenvalue weighted by molar-refractivity contribution is -0.121. The zero-order valence-electron chi connectivity index (χ0n) is 14.5. The van der Waals surface area contributed by atoms with Crippen LogP contribution in [0.1, 0.15) is 36.0 Å². The molecule has 0 unspecified atom stereocenters. The molecular weight excluding hydrogens is 358 g/mol. The molecule has 0 aliphatic carbocycles. The van der Waals surface area contributed by atoms with Crippen molar-refractivity contribution in [2.24, 2.45) is 0 Å². The number of hydrogen-bond donors (Lipinski definition) is 1. The molecule has 26 heavy (non-hydrogen) atoms. The number of nitrogens with one attached hydrogen (secondary N) is 1. The van der Waals surface area contributed by atoms with Crippen molar-refractivity contribution in [3.63, 3.8) is 0 Å². The van der Waals surface area contributed by atoms with Gasteiger partial charge in [0.2, 0.25) is 21.8 Å². The molecule has 0 atom stereocenters. The van der Waals surface area contributed by atoms with E-state index in [0.717, 1.165) is 4.90 Å². The third-order valence-electron chi connectivity index (χ3n) is 4.70. The Bertz CT molecular complexity index is 810. The van der Waals surface area contributed by atoms with Crippen molar-refractivity contribution in [2.45, 2.75) is 31.7 Å². The van der Waals surface area contributed by atoms with Crippen molar-refractivity contribution in [3.05, 3.63) is 29.8 Å². The minimum atomic E-state index is -3.19. The second kappa shape index (κ2) is 7.16. The molecule has 2 heterocycles. The van der Waals surface area contributed by atoms with Crippen LogP contribution in [0, 0.1) is 0 Å². The number of amides is 3. The van der Waals surface area contributed by atoms with Crippen LogP contribution in [-0.2, 0) is 19.6 Å². The van der Waals surface area contributed by atoms with E-state index in [-0.39, 0.29) is 36.6 Å². The SMILES string of the molecule is CS(=O)(=O)N1CCC(NC(=O)c2ccc(N3C(=O)CCC3=O)cc2)CC1. The molecule has 2 aliphatic heterocycles. The predicted molar refractivity (Wildman–Crippen MR) is 95.1 cm³/mol. The van der Waals surface area contributed by atoms with Gasteiger partial charge in [-0.15, -0.1) is 0 Å². The zero-order valence-corrected chi connectivity index (χ0v) is 15.3. The summed E-state index contributed by atoms with van der Waals surface area (Å²) in [7, 11) is -3.19. The van der Waals surface area contributed by atoms with Gasteiger partial charge in [0.15, 0.2) is 0 Å². The van der Waals surface area contributed by atoms with Crippen LogP contribution in [0.25, 0.3) is 0 Å². The van der Waals surface area contributed by atoms with E-state index in [1.807, 2.05) is 0 Å². The van der Waals surface area contributed by atoms with Gasteiger partial charge in [0.1, 0.15) is 0 Å². The minimum absolute atomic E-state index is 0.0816. The molecule has 0 aromatic heterocycles. The predicted octanol–water partition coefficient (Wildman–Crippen LogP) is 0.494. The Morgan fingerprint density at radius 2 is 1.58 bits per heavy atom. The lowest BCUT2D eigenvalue weighted by Crippen LogP contribution is -2.46. The van der Waals surface area contributed by atoms with E-state index in [9.17, 15) is 22.8 Å². The van der Waals surface area contributed by atoms with Gasteiger partial charge >= 0.3 is 0 Å². The van der Waals surface area contributed by atoms with Crippen molar-refractivity contribution in [3.8, 4) is 0 Å². The molecule has 1 aromatic rings. The number of piperidine rings is 1. The molecule has 3 rings (SSSR count). The van der Waals surface area contributed by atoms with Gasteiger partial charge < -0.3 is 5.32 Å². The Morgan fingerprint density at radius 1 is 1.04 bits per heavy atom. The van der Waals surface area contributed by atoms with Gasteiger partial charge in [-0.2, -0.15) is 0 Å². The maximum Gasteiger partial charge on any atom is 0.251 e. The van der Waals surface area contributed by atoms with Crippen LogP contribution in [0.4, 0.5) is 5.69 Å².